The standard InChI is InChI=1S/C23H29N7O2S/c1-16-9-10-20(15-17(16)2)33(31,32)30-13-11-29(12-14-30)18(3)21-26-22(24)28-23(27-21)25-19-7-5-4-6-8-19/h4-10,15,18H,11-14H2,1-3H3,(H3,24,25,26,27,28). The summed E-state index contributed by atoms with van der Waals surface area (Å²) >= 11 is 0. The molecule has 1 aliphatic heterocycles. The molecule has 10 heteroatoms. The zero-order valence-electron chi connectivity index (χ0n) is 19.1. The van der Waals surface area contributed by atoms with Crippen LogP contribution >= 0.6 is 0 Å². The van der Waals surface area contributed by atoms with Crippen molar-refractivity contribution in [2.45, 2.75) is 31.7 Å². The maximum Gasteiger partial charge on any atom is 0.243 e. The van der Waals surface area contributed by atoms with E-state index in [0.717, 1.165) is 16.8 Å². The minimum absolute atomic E-state index is 0.140. The summed E-state index contributed by atoms with van der Waals surface area (Å²) in [5.74, 6) is 1.07. The molecule has 0 spiro atoms. The van der Waals surface area contributed by atoms with Gasteiger partial charge in [-0.1, -0.05) is 24.3 Å². The van der Waals surface area contributed by atoms with Crippen LogP contribution in [0.4, 0.5) is 17.6 Å². The van der Waals surface area contributed by atoms with Crippen LogP contribution in [0.5, 0.6) is 0 Å². The first kappa shape index (κ1) is 23.1. The number of aromatic nitrogens is 3. The molecule has 174 valence electrons. The minimum Gasteiger partial charge on any atom is -0.368 e. The topological polar surface area (TPSA) is 117 Å². The van der Waals surface area contributed by atoms with Crippen LogP contribution in [0.15, 0.2) is 53.4 Å². The average Bonchev–Trinajstić information content (AvgIpc) is 2.80. The van der Waals surface area contributed by atoms with E-state index in [1.54, 1.807) is 16.4 Å². The second kappa shape index (κ2) is 9.42. The molecule has 1 saturated heterocycles. The molecule has 1 unspecified atom stereocenters. The fourth-order valence-corrected chi connectivity index (χ4v) is 5.33. The Morgan fingerprint density at radius 3 is 2.30 bits per heavy atom. The molecule has 0 amide bonds. The third-order valence-corrected chi connectivity index (χ3v) is 7.91. The molecule has 1 aliphatic rings. The van der Waals surface area contributed by atoms with Gasteiger partial charge in [0.2, 0.25) is 21.9 Å². The number of hydrogen-bond acceptors (Lipinski definition) is 8. The maximum absolute atomic E-state index is 13.1. The van der Waals surface area contributed by atoms with Gasteiger partial charge in [0.1, 0.15) is 0 Å². The van der Waals surface area contributed by atoms with E-state index < -0.39 is 10.0 Å². The van der Waals surface area contributed by atoms with E-state index in [2.05, 4.69) is 25.2 Å². The highest BCUT2D eigenvalue weighted by Gasteiger charge is 2.31. The van der Waals surface area contributed by atoms with Crippen LogP contribution in [-0.4, -0.2) is 58.8 Å². The Bertz CT molecular complexity index is 1230. The van der Waals surface area contributed by atoms with Gasteiger partial charge in [0.05, 0.1) is 10.9 Å². The fraction of sp³-hybridized carbons (Fsp3) is 0.348. The van der Waals surface area contributed by atoms with Crippen LogP contribution in [-0.2, 0) is 10.0 Å². The van der Waals surface area contributed by atoms with E-state index >= 15 is 0 Å². The first-order valence-electron chi connectivity index (χ1n) is 10.9. The lowest BCUT2D eigenvalue weighted by atomic mass is 10.1. The van der Waals surface area contributed by atoms with Crippen molar-refractivity contribution < 1.29 is 8.42 Å². The third kappa shape index (κ3) is 5.13. The number of nitrogens with one attached hydrogen (secondary N) is 1. The molecule has 0 bridgehead atoms. The van der Waals surface area contributed by atoms with Gasteiger partial charge in [0.25, 0.3) is 0 Å². The monoisotopic (exact) mass is 467 g/mol. The lowest BCUT2D eigenvalue weighted by Crippen LogP contribution is -2.49. The number of nitrogens with two attached hydrogens (primary N) is 1. The number of anilines is 3. The van der Waals surface area contributed by atoms with Crippen LogP contribution in [0.3, 0.4) is 0 Å². The van der Waals surface area contributed by atoms with Crippen molar-refractivity contribution in [3.63, 3.8) is 0 Å². The summed E-state index contributed by atoms with van der Waals surface area (Å²) in [5, 5.41) is 3.15. The lowest BCUT2D eigenvalue weighted by Gasteiger charge is -2.36. The summed E-state index contributed by atoms with van der Waals surface area (Å²) in [6.45, 7) is 7.82. The van der Waals surface area contributed by atoms with Crippen molar-refractivity contribution >= 4 is 27.6 Å². The molecule has 0 radical (unpaired) electrons. The molecule has 1 aromatic heterocycles. The Morgan fingerprint density at radius 2 is 1.64 bits per heavy atom. The number of aryl methyl sites for hydroxylation is 2. The predicted molar refractivity (Wildman–Crippen MR) is 129 cm³/mol. The van der Waals surface area contributed by atoms with Gasteiger partial charge in [0, 0.05) is 31.9 Å². The highest BCUT2D eigenvalue weighted by molar-refractivity contribution is 7.89. The zero-order valence-corrected chi connectivity index (χ0v) is 19.9. The number of sulfonamides is 1. The van der Waals surface area contributed by atoms with Gasteiger partial charge in [-0.05, 0) is 56.2 Å². The molecule has 2 aromatic carbocycles. The van der Waals surface area contributed by atoms with Gasteiger partial charge in [0.15, 0.2) is 5.82 Å². The second-order valence-electron chi connectivity index (χ2n) is 8.23. The highest BCUT2D eigenvalue weighted by Crippen LogP contribution is 2.25. The van der Waals surface area contributed by atoms with Crippen LogP contribution < -0.4 is 11.1 Å². The molecular weight excluding hydrogens is 438 g/mol. The molecule has 0 aliphatic carbocycles. The Hall–Kier alpha value is -3.08. The van der Waals surface area contributed by atoms with Gasteiger partial charge in [-0.15, -0.1) is 0 Å². The van der Waals surface area contributed by atoms with Gasteiger partial charge < -0.3 is 11.1 Å². The molecule has 0 saturated carbocycles. The number of piperazine rings is 1. The van der Waals surface area contributed by atoms with E-state index in [1.807, 2.05) is 57.2 Å². The van der Waals surface area contributed by atoms with Crippen LogP contribution in [0.1, 0.15) is 29.9 Å². The van der Waals surface area contributed by atoms with Crippen LogP contribution in [0.2, 0.25) is 0 Å². The van der Waals surface area contributed by atoms with Gasteiger partial charge >= 0.3 is 0 Å². The number of rotatable bonds is 6. The molecule has 3 N–H and O–H groups in total. The van der Waals surface area contributed by atoms with Gasteiger partial charge in [-0.3, -0.25) is 4.90 Å². The normalized spacial score (nSPS) is 16.5. The molecule has 1 fully saturated rings. The van der Waals surface area contributed by atoms with E-state index in [-0.39, 0.29) is 12.0 Å². The molecule has 2 heterocycles. The first-order valence-corrected chi connectivity index (χ1v) is 12.3. The predicted octanol–water partition coefficient (Wildman–Crippen LogP) is 2.88. The van der Waals surface area contributed by atoms with E-state index in [1.165, 1.54) is 0 Å². The minimum atomic E-state index is -3.53. The van der Waals surface area contributed by atoms with Crippen molar-refractivity contribution in [2.75, 3.05) is 37.2 Å². The Kier molecular flexibility index (Phi) is 6.59. The third-order valence-electron chi connectivity index (χ3n) is 6.01. The molecule has 9 nitrogen and oxygen atoms in total. The van der Waals surface area contributed by atoms with Crippen molar-refractivity contribution in [3.8, 4) is 0 Å². The van der Waals surface area contributed by atoms with E-state index in [4.69, 9.17) is 5.73 Å². The smallest absolute Gasteiger partial charge is 0.243 e. The Labute approximate surface area is 194 Å². The largest absolute Gasteiger partial charge is 0.368 e. The Balaban J connectivity index is 1.45. The van der Waals surface area contributed by atoms with Crippen molar-refractivity contribution in [2.24, 2.45) is 0 Å². The lowest BCUT2D eigenvalue weighted by molar-refractivity contribution is 0.141. The van der Waals surface area contributed by atoms with Crippen molar-refractivity contribution in [1.29, 1.82) is 0 Å². The van der Waals surface area contributed by atoms with Crippen molar-refractivity contribution in [1.82, 2.24) is 24.2 Å². The first-order chi connectivity index (χ1) is 15.7. The Morgan fingerprint density at radius 1 is 0.939 bits per heavy atom. The number of nitrogen functional groups attached to an aromatic ring is 1. The number of nitrogens with zero attached hydrogens (tertiary/aromatic N) is 5. The molecule has 33 heavy (non-hydrogen) atoms. The molecular formula is C23H29N7O2S. The highest BCUT2D eigenvalue weighted by atomic mass is 32.2. The van der Waals surface area contributed by atoms with Gasteiger partial charge in [-0.25, -0.2) is 8.42 Å². The fourth-order valence-electron chi connectivity index (χ4n) is 3.82. The second-order valence-corrected chi connectivity index (χ2v) is 10.2. The summed E-state index contributed by atoms with van der Waals surface area (Å²) in [4.78, 5) is 15.6. The van der Waals surface area contributed by atoms with E-state index in [9.17, 15) is 8.42 Å². The van der Waals surface area contributed by atoms with Crippen LogP contribution in [0.25, 0.3) is 0 Å². The number of hydrogen-bond donors (Lipinski definition) is 2. The summed E-state index contributed by atoms with van der Waals surface area (Å²) in [6.07, 6.45) is 0. The van der Waals surface area contributed by atoms with Crippen LogP contribution in [0, 0.1) is 13.8 Å². The van der Waals surface area contributed by atoms with Crippen molar-refractivity contribution in [3.05, 3.63) is 65.5 Å². The number of para-hydroxylation sites is 1. The number of benzene rings is 2. The summed E-state index contributed by atoms with van der Waals surface area (Å²) < 4.78 is 27.8. The summed E-state index contributed by atoms with van der Waals surface area (Å²) in [5.41, 5.74) is 8.83. The molecule has 1 atom stereocenters. The SMILES string of the molecule is Cc1ccc(S(=O)(=O)N2CCN(C(C)c3nc(N)nc(Nc4ccccc4)n3)CC2)cc1C. The molecule has 3 aromatic rings. The average molecular weight is 468 g/mol. The summed E-state index contributed by atoms with van der Waals surface area (Å²) in [6, 6.07) is 14.7. The van der Waals surface area contributed by atoms with E-state index in [0.29, 0.717) is 42.8 Å². The quantitative estimate of drug-likeness (QED) is 0.568. The maximum atomic E-state index is 13.1. The van der Waals surface area contributed by atoms with Gasteiger partial charge in [-0.2, -0.15) is 19.3 Å². The molecule has 4 rings (SSSR count). The zero-order chi connectivity index (χ0) is 23.6. The summed E-state index contributed by atoms with van der Waals surface area (Å²) in [7, 11) is -3.53.